The van der Waals surface area contributed by atoms with E-state index >= 15 is 0 Å². The van der Waals surface area contributed by atoms with E-state index in [-0.39, 0.29) is 5.91 Å². The predicted molar refractivity (Wildman–Crippen MR) is 116 cm³/mol. The Morgan fingerprint density at radius 3 is 2.31 bits per heavy atom. The summed E-state index contributed by atoms with van der Waals surface area (Å²) in [7, 11) is 1.74. The van der Waals surface area contributed by atoms with Crippen LogP contribution >= 0.6 is 0 Å². The van der Waals surface area contributed by atoms with E-state index in [9.17, 15) is 4.79 Å². The topological polar surface area (TPSA) is 37.2 Å². The van der Waals surface area contributed by atoms with Crippen LogP contribution in [-0.4, -0.2) is 63.2 Å². The van der Waals surface area contributed by atoms with Crippen molar-refractivity contribution in [2.45, 2.75) is 25.3 Å². The molecule has 2 aromatic carbocycles. The second-order valence-corrected chi connectivity index (χ2v) is 8.13. The molecule has 0 unspecified atom stereocenters. The third kappa shape index (κ3) is 4.73. The third-order valence-corrected chi connectivity index (χ3v) is 6.45. The molecule has 0 saturated carbocycles. The summed E-state index contributed by atoms with van der Waals surface area (Å²) in [5.74, 6) is 1.23. The molecule has 5 heteroatoms. The van der Waals surface area contributed by atoms with Crippen molar-refractivity contribution in [1.82, 2.24) is 4.90 Å². The minimum absolute atomic E-state index is 0.269. The second-order valence-electron chi connectivity index (χ2n) is 8.13. The van der Waals surface area contributed by atoms with E-state index < -0.39 is 0 Å². The molecule has 0 atom stereocenters. The Kier molecular flexibility index (Phi) is 6.35. The smallest absolute Gasteiger partial charge is 0.226 e. The van der Waals surface area contributed by atoms with E-state index in [2.05, 4.69) is 21.9 Å². The normalized spacial score (nSPS) is 18.7. The number of piperidine rings is 1. The monoisotopic (exact) mass is 394 g/mol. The Morgan fingerprint density at radius 1 is 0.966 bits per heavy atom. The molecule has 1 amide bonds. The van der Waals surface area contributed by atoms with Crippen LogP contribution in [0.15, 0.2) is 54.6 Å². The average Bonchev–Trinajstić information content (AvgIpc) is 2.80. The summed E-state index contributed by atoms with van der Waals surface area (Å²) in [6.07, 6.45) is 2.75. The zero-order valence-corrected chi connectivity index (χ0v) is 17.3. The quantitative estimate of drug-likeness (QED) is 0.838. The highest BCUT2D eigenvalue weighted by molar-refractivity contribution is 5.78. The third-order valence-electron chi connectivity index (χ3n) is 6.45. The number of hydrogen-bond acceptors (Lipinski definition) is 3. The predicted octanol–water partition coefficient (Wildman–Crippen LogP) is 1.63. The molecule has 154 valence electrons. The van der Waals surface area contributed by atoms with Gasteiger partial charge < -0.3 is 19.4 Å². The van der Waals surface area contributed by atoms with Crippen molar-refractivity contribution >= 4 is 11.6 Å². The SMILES string of the molecule is COc1ccccc1N1CC[NH+](C2CCN(C(=O)Cc3ccccc3)CC2)CC1. The highest BCUT2D eigenvalue weighted by Gasteiger charge is 2.32. The zero-order valence-electron chi connectivity index (χ0n) is 17.3. The first-order valence-electron chi connectivity index (χ1n) is 10.8. The molecule has 29 heavy (non-hydrogen) atoms. The Hall–Kier alpha value is -2.53. The van der Waals surface area contributed by atoms with Crippen LogP contribution < -0.4 is 14.5 Å². The Labute approximate surface area is 173 Å². The lowest BCUT2D eigenvalue weighted by molar-refractivity contribution is -0.927. The molecule has 0 radical (unpaired) electrons. The number of nitrogens with one attached hydrogen (secondary N) is 1. The number of carbonyl (C=O) groups excluding carboxylic acids is 1. The summed E-state index contributed by atoms with van der Waals surface area (Å²) in [4.78, 5) is 18.8. The standard InChI is InChI=1S/C24H31N3O2/c1-29-23-10-6-5-9-22(23)26-17-15-25(16-18-26)21-11-13-27(14-12-21)24(28)19-20-7-3-2-4-8-20/h2-10,21H,11-19H2,1H3/p+1. The molecular weight excluding hydrogens is 362 g/mol. The number of ether oxygens (including phenoxy) is 1. The van der Waals surface area contributed by atoms with Crippen LogP contribution in [0.3, 0.4) is 0 Å². The van der Waals surface area contributed by atoms with Gasteiger partial charge in [0.1, 0.15) is 5.75 Å². The van der Waals surface area contributed by atoms with Crippen molar-refractivity contribution in [1.29, 1.82) is 0 Å². The number of hydrogen-bond donors (Lipinski definition) is 1. The molecule has 5 nitrogen and oxygen atoms in total. The largest absolute Gasteiger partial charge is 0.495 e. The lowest BCUT2D eigenvalue weighted by Crippen LogP contribution is -3.18. The Morgan fingerprint density at radius 2 is 1.62 bits per heavy atom. The van der Waals surface area contributed by atoms with Gasteiger partial charge in [-0.15, -0.1) is 0 Å². The first-order valence-corrected chi connectivity index (χ1v) is 10.8. The maximum absolute atomic E-state index is 12.6. The summed E-state index contributed by atoms with van der Waals surface area (Å²) < 4.78 is 5.53. The molecule has 2 fully saturated rings. The van der Waals surface area contributed by atoms with E-state index in [4.69, 9.17) is 4.74 Å². The summed E-state index contributed by atoms with van der Waals surface area (Å²) >= 11 is 0. The molecule has 0 bridgehead atoms. The van der Waals surface area contributed by atoms with Gasteiger partial charge in [-0.25, -0.2) is 0 Å². The van der Waals surface area contributed by atoms with Crippen molar-refractivity contribution in [3.63, 3.8) is 0 Å². The summed E-state index contributed by atoms with van der Waals surface area (Å²) in [6.45, 7) is 6.22. The van der Waals surface area contributed by atoms with Gasteiger partial charge in [0.25, 0.3) is 0 Å². The van der Waals surface area contributed by atoms with E-state index in [1.807, 2.05) is 42.5 Å². The van der Waals surface area contributed by atoms with Crippen LogP contribution in [0.4, 0.5) is 5.69 Å². The van der Waals surface area contributed by atoms with Gasteiger partial charge in [0, 0.05) is 25.9 Å². The summed E-state index contributed by atoms with van der Waals surface area (Å²) in [5, 5.41) is 0. The first-order chi connectivity index (χ1) is 14.2. The van der Waals surface area contributed by atoms with Gasteiger partial charge in [-0.3, -0.25) is 4.79 Å². The van der Waals surface area contributed by atoms with Crippen LogP contribution in [0.2, 0.25) is 0 Å². The molecule has 2 heterocycles. The number of methoxy groups -OCH3 is 1. The number of piperazine rings is 1. The van der Waals surface area contributed by atoms with E-state index in [1.165, 1.54) is 5.69 Å². The number of carbonyl (C=O) groups is 1. The number of quaternary nitrogens is 1. The van der Waals surface area contributed by atoms with Crippen LogP contribution in [-0.2, 0) is 11.2 Å². The number of nitrogens with zero attached hydrogens (tertiary/aromatic N) is 2. The maximum atomic E-state index is 12.6. The fourth-order valence-electron chi connectivity index (χ4n) is 4.75. The molecule has 0 aromatic heterocycles. The van der Waals surface area contributed by atoms with Gasteiger partial charge in [-0.2, -0.15) is 0 Å². The number of amides is 1. The van der Waals surface area contributed by atoms with Gasteiger partial charge >= 0.3 is 0 Å². The number of benzene rings is 2. The highest BCUT2D eigenvalue weighted by atomic mass is 16.5. The number of anilines is 1. The molecule has 2 aliphatic heterocycles. The van der Waals surface area contributed by atoms with Gasteiger partial charge in [0.2, 0.25) is 5.91 Å². The Balaban J connectivity index is 1.25. The molecule has 0 aliphatic carbocycles. The fourth-order valence-corrected chi connectivity index (χ4v) is 4.75. The van der Waals surface area contributed by atoms with E-state index in [1.54, 1.807) is 12.0 Å². The molecule has 2 aromatic rings. The van der Waals surface area contributed by atoms with Crippen molar-refractivity contribution < 1.29 is 14.4 Å². The minimum Gasteiger partial charge on any atom is -0.495 e. The van der Waals surface area contributed by atoms with Crippen LogP contribution in [0, 0.1) is 0 Å². The van der Waals surface area contributed by atoms with Gasteiger partial charge in [0.05, 0.1) is 51.4 Å². The molecule has 0 spiro atoms. The maximum Gasteiger partial charge on any atom is 0.226 e. The number of likely N-dealkylation sites (tertiary alicyclic amines) is 1. The van der Waals surface area contributed by atoms with Crippen molar-refractivity contribution in [3.8, 4) is 5.75 Å². The van der Waals surface area contributed by atoms with Crippen molar-refractivity contribution in [3.05, 3.63) is 60.2 Å². The number of rotatable bonds is 5. The summed E-state index contributed by atoms with van der Waals surface area (Å²) in [5.41, 5.74) is 2.31. The molecule has 4 rings (SSSR count). The Bertz CT molecular complexity index is 795. The highest BCUT2D eigenvalue weighted by Crippen LogP contribution is 2.27. The molecule has 2 saturated heterocycles. The van der Waals surface area contributed by atoms with E-state index in [0.29, 0.717) is 12.5 Å². The molecular formula is C24H32N3O2+. The number of para-hydroxylation sites is 2. The minimum atomic E-state index is 0.269. The van der Waals surface area contributed by atoms with Gasteiger partial charge in [0.15, 0.2) is 0 Å². The van der Waals surface area contributed by atoms with Crippen LogP contribution in [0.25, 0.3) is 0 Å². The summed E-state index contributed by atoms with van der Waals surface area (Å²) in [6, 6.07) is 19.1. The molecule has 2 aliphatic rings. The lowest BCUT2D eigenvalue weighted by atomic mass is 10.0. The van der Waals surface area contributed by atoms with Crippen molar-refractivity contribution in [2.24, 2.45) is 0 Å². The second kappa shape index (κ2) is 9.31. The van der Waals surface area contributed by atoms with Crippen molar-refractivity contribution in [2.75, 3.05) is 51.3 Å². The van der Waals surface area contributed by atoms with Crippen LogP contribution in [0.1, 0.15) is 18.4 Å². The van der Waals surface area contributed by atoms with Gasteiger partial charge in [-0.1, -0.05) is 42.5 Å². The van der Waals surface area contributed by atoms with Crippen LogP contribution in [0.5, 0.6) is 5.75 Å². The first kappa shape index (κ1) is 19.8. The van der Waals surface area contributed by atoms with E-state index in [0.717, 1.165) is 63.4 Å². The fraction of sp³-hybridized carbons (Fsp3) is 0.458. The average molecular weight is 395 g/mol. The lowest BCUT2D eigenvalue weighted by Gasteiger charge is -2.41. The molecule has 1 N–H and O–H groups in total. The zero-order chi connectivity index (χ0) is 20.1. The van der Waals surface area contributed by atoms with Gasteiger partial charge in [-0.05, 0) is 17.7 Å².